The van der Waals surface area contributed by atoms with Gasteiger partial charge in [-0.3, -0.25) is 14.4 Å². The van der Waals surface area contributed by atoms with Gasteiger partial charge in [-0.25, -0.2) is 0 Å². The lowest BCUT2D eigenvalue weighted by Gasteiger charge is -2.33. The zero-order valence-electron chi connectivity index (χ0n) is 14.5. The number of furan rings is 1. The van der Waals surface area contributed by atoms with Crippen molar-refractivity contribution in [1.29, 1.82) is 0 Å². The van der Waals surface area contributed by atoms with Gasteiger partial charge in [-0.2, -0.15) is 5.10 Å². The van der Waals surface area contributed by atoms with Gasteiger partial charge >= 0.3 is 0 Å². The first-order valence-corrected chi connectivity index (χ1v) is 8.88. The van der Waals surface area contributed by atoms with E-state index in [1.807, 2.05) is 42.6 Å². The van der Waals surface area contributed by atoms with E-state index in [9.17, 15) is 4.79 Å². The first-order chi connectivity index (χ1) is 12.8. The van der Waals surface area contributed by atoms with Gasteiger partial charge < -0.3 is 9.73 Å². The number of carbonyl (C=O) groups excluding carboxylic acids is 1. The lowest BCUT2D eigenvalue weighted by Crippen LogP contribution is -2.38. The summed E-state index contributed by atoms with van der Waals surface area (Å²) in [5, 5.41) is 7.50. The summed E-state index contributed by atoms with van der Waals surface area (Å²) in [4.78, 5) is 14.6. The molecule has 0 spiro atoms. The van der Waals surface area contributed by atoms with Crippen LogP contribution in [0.2, 0.25) is 0 Å². The van der Waals surface area contributed by atoms with Crippen LogP contribution in [-0.4, -0.2) is 33.7 Å². The molecule has 1 aromatic carbocycles. The molecular weight excluding hydrogens is 328 g/mol. The topological polar surface area (TPSA) is 63.3 Å². The fourth-order valence-electron chi connectivity index (χ4n) is 3.48. The number of fused-ring (bicyclic) bond motifs is 1. The average Bonchev–Trinajstić information content (AvgIpc) is 3.34. The van der Waals surface area contributed by atoms with E-state index in [1.165, 1.54) is 11.3 Å². The maximum atomic E-state index is 12.2. The van der Waals surface area contributed by atoms with Gasteiger partial charge in [0.05, 0.1) is 24.3 Å². The smallest absolute Gasteiger partial charge is 0.251 e. The van der Waals surface area contributed by atoms with Gasteiger partial charge in [0.2, 0.25) is 0 Å². The second-order valence-electron chi connectivity index (χ2n) is 6.63. The highest BCUT2D eigenvalue weighted by Gasteiger charge is 2.25. The summed E-state index contributed by atoms with van der Waals surface area (Å²) in [6.45, 7) is 3.25. The first kappa shape index (κ1) is 16.6. The highest BCUT2D eigenvalue weighted by molar-refractivity contribution is 5.94. The maximum Gasteiger partial charge on any atom is 0.251 e. The lowest BCUT2D eigenvalue weighted by molar-refractivity contribution is 0.0947. The van der Waals surface area contributed by atoms with Crippen molar-refractivity contribution >= 4 is 5.91 Å². The van der Waals surface area contributed by atoms with Crippen LogP contribution < -0.4 is 5.32 Å². The van der Waals surface area contributed by atoms with Crippen LogP contribution in [0.15, 0.2) is 65.6 Å². The zero-order chi connectivity index (χ0) is 17.8. The highest BCUT2D eigenvalue weighted by Crippen LogP contribution is 2.24. The molecule has 0 bridgehead atoms. The van der Waals surface area contributed by atoms with Gasteiger partial charge in [0, 0.05) is 43.5 Å². The summed E-state index contributed by atoms with van der Waals surface area (Å²) in [5.74, 6) is -0.0302. The van der Waals surface area contributed by atoms with E-state index in [1.54, 1.807) is 12.5 Å². The summed E-state index contributed by atoms with van der Waals surface area (Å²) >= 11 is 0. The van der Waals surface area contributed by atoms with E-state index in [0.717, 1.165) is 26.1 Å². The molecule has 1 N–H and O–H groups in total. The van der Waals surface area contributed by atoms with E-state index in [4.69, 9.17) is 4.42 Å². The van der Waals surface area contributed by atoms with Gasteiger partial charge in [0.25, 0.3) is 5.91 Å². The number of nitrogens with zero attached hydrogens (tertiary/aromatic N) is 3. The summed E-state index contributed by atoms with van der Waals surface area (Å²) in [5.41, 5.74) is 3.07. The minimum Gasteiger partial charge on any atom is -0.472 e. The van der Waals surface area contributed by atoms with Gasteiger partial charge in [0.1, 0.15) is 0 Å². The fourth-order valence-corrected chi connectivity index (χ4v) is 3.48. The quantitative estimate of drug-likeness (QED) is 0.742. The van der Waals surface area contributed by atoms with Crippen LogP contribution >= 0.6 is 0 Å². The summed E-state index contributed by atoms with van der Waals surface area (Å²) < 4.78 is 7.28. The minimum atomic E-state index is -0.0302. The van der Waals surface area contributed by atoms with Gasteiger partial charge in [-0.1, -0.05) is 18.2 Å². The molecule has 6 heteroatoms. The molecule has 1 aliphatic heterocycles. The van der Waals surface area contributed by atoms with E-state index < -0.39 is 0 Å². The SMILES string of the molecule is O=C(NCC[C@@H]1CN(Cc2ccoc2)Cc2ccnn21)c1ccccc1. The number of rotatable bonds is 6. The number of amides is 1. The van der Waals surface area contributed by atoms with Crippen LogP contribution in [-0.2, 0) is 13.1 Å². The summed E-state index contributed by atoms with van der Waals surface area (Å²) in [6, 6.07) is 13.6. The number of carbonyl (C=O) groups is 1. The molecule has 4 rings (SSSR count). The lowest BCUT2D eigenvalue weighted by atomic mass is 10.1. The number of hydrogen-bond acceptors (Lipinski definition) is 4. The Balaban J connectivity index is 1.37. The second-order valence-corrected chi connectivity index (χ2v) is 6.63. The molecule has 3 heterocycles. The second kappa shape index (κ2) is 7.58. The van der Waals surface area contributed by atoms with Crippen LogP contribution in [0.25, 0.3) is 0 Å². The molecule has 2 aromatic heterocycles. The van der Waals surface area contributed by atoms with Crippen molar-refractivity contribution < 1.29 is 9.21 Å². The Kier molecular flexibility index (Phi) is 4.84. The van der Waals surface area contributed by atoms with Crippen molar-refractivity contribution in [3.63, 3.8) is 0 Å². The Morgan fingerprint density at radius 3 is 2.92 bits per heavy atom. The van der Waals surface area contributed by atoms with Crippen LogP contribution in [0.4, 0.5) is 0 Å². The molecule has 0 saturated heterocycles. The molecule has 0 saturated carbocycles. The molecule has 0 fully saturated rings. The number of nitrogens with one attached hydrogen (secondary N) is 1. The third-order valence-corrected chi connectivity index (χ3v) is 4.74. The summed E-state index contributed by atoms with van der Waals surface area (Å²) in [6.07, 6.45) is 6.20. The van der Waals surface area contributed by atoms with Crippen molar-refractivity contribution in [3.8, 4) is 0 Å². The van der Waals surface area contributed by atoms with Gasteiger partial charge in [-0.15, -0.1) is 0 Å². The van der Waals surface area contributed by atoms with Crippen molar-refractivity contribution in [2.75, 3.05) is 13.1 Å². The largest absolute Gasteiger partial charge is 0.472 e. The predicted octanol–water partition coefficient (Wildman–Crippen LogP) is 2.85. The van der Waals surface area contributed by atoms with Crippen molar-refractivity contribution in [2.24, 2.45) is 0 Å². The van der Waals surface area contributed by atoms with E-state index in [-0.39, 0.29) is 11.9 Å². The third-order valence-electron chi connectivity index (χ3n) is 4.74. The Morgan fingerprint density at radius 1 is 1.23 bits per heavy atom. The molecule has 134 valence electrons. The zero-order valence-corrected chi connectivity index (χ0v) is 14.5. The van der Waals surface area contributed by atoms with E-state index in [2.05, 4.69) is 26.1 Å². The fraction of sp³-hybridized carbons (Fsp3) is 0.300. The van der Waals surface area contributed by atoms with E-state index >= 15 is 0 Å². The minimum absolute atomic E-state index is 0.0302. The Bertz CT molecular complexity index is 842. The standard InChI is InChI=1S/C20H22N4O2/c25-20(17-4-2-1-3-5-17)21-9-6-18-13-23(12-16-8-11-26-15-16)14-19-7-10-22-24(18)19/h1-5,7-8,10-11,15,18H,6,9,12-14H2,(H,21,25)/t18-/m1/s1. The van der Waals surface area contributed by atoms with Crippen molar-refractivity contribution in [3.05, 3.63) is 78.0 Å². The molecule has 1 aliphatic rings. The number of benzene rings is 1. The monoisotopic (exact) mass is 350 g/mol. The third kappa shape index (κ3) is 3.70. The molecule has 1 atom stereocenters. The molecule has 3 aromatic rings. The van der Waals surface area contributed by atoms with Crippen molar-refractivity contribution in [1.82, 2.24) is 20.0 Å². The highest BCUT2D eigenvalue weighted by atomic mass is 16.3. The van der Waals surface area contributed by atoms with Gasteiger partial charge in [0.15, 0.2) is 0 Å². The van der Waals surface area contributed by atoms with Crippen LogP contribution in [0, 0.1) is 0 Å². The first-order valence-electron chi connectivity index (χ1n) is 8.88. The molecule has 6 nitrogen and oxygen atoms in total. The molecule has 0 aliphatic carbocycles. The Morgan fingerprint density at radius 2 is 2.12 bits per heavy atom. The molecular formula is C20H22N4O2. The average molecular weight is 350 g/mol. The number of hydrogen-bond donors (Lipinski definition) is 1. The molecule has 1 amide bonds. The summed E-state index contributed by atoms with van der Waals surface area (Å²) in [7, 11) is 0. The molecule has 0 radical (unpaired) electrons. The Labute approximate surface area is 152 Å². The molecule has 0 unspecified atom stereocenters. The van der Waals surface area contributed by atoms with Crippen LogP contribution in [0.5, 0.6) is 0 Å². The van der Waals surface area contributed by atoms with Crippen LogP contribution in [0.1, 0.15) is 34.1 Å². The van der Waals surface area contributed by atoms with Crippen LogP contribution in [0.3, 0.4) is 0 Å². The van der Waals surface area contributed by atoms with Gasteiger partial charge in [-0.05, 0) is 30.7 Å². The maximum absolute atomic E-state index is 12.2. The molecule has 26 heavy (non-hydrogen) atoms. The normalized spacial score (nSPS) is 17.0. The van der Waals surface area contributed by atoms with Crippen molar-refractivity contribution in [2.45, 2.75) is 25.6 Å². The number of aromatic nitrogens is 2. The predicted molar refractivity (Wildman–Crippen MR) is 97.5 cm³/mol. The Hall–Kier alpha value is -2.86. The van der Waals surface area contributed by atoms with E-state index in [0.29, 0.717) is 12.1 Å².